The summed E-state index contributed by atoms with van der Waals surface area (Å²) in [5.41, 5.74) is 1.19. The fraction of sp³-hybridized carbons (Fsp3) is 0.455. The van der Waals surface area contributed by atoms with Gasteiger partial charge in [-0.15, -0.1) is 11.3 Å². The lowest BCUT2D eigenvalue weighted by Crippen LogP contribution is -2.35. The van der Waals surface area contributed by atoms with Crippen LogP contribution in [0.5, 0.6) is 0 Å². The summed E-state index contributed by atoms with van der Waals surface area (Å²) in [6.45, 7) is 0.165. The van der Waals surface area contributed by atoms with Gasteiger partial charge >= 0.3 is 0 Å². The highest BCUT2D eigenvalue weighted by molar-refractivity contribution is 7.15. The van der Waals surface area contributed by atoms with Crippen LogP contribution < -0.4 is 5.32 Å². The number of likely N-dealkylation sites (tertiary alicyclic amines) is 1. The van der Waals surface area contributed by atoms with Crippen LogP contribution in [0.15, 0.2) is 36.5 Å². The van der Waals surface area contributed by atoms with Crippen LogP contribution in [0, 0.1) is 23.7 Å². The minimum Gasteiger partial charge on any atom is -0.302 e. The van der Waals surface area contributed by atoms with Crippen molar-refractivity contribution in [1.29, 1.82) is 0 Å². The number of aromatic nitrogens is 1. The van der Waals surface area contributed by atoms with Crippen molar-refractivity contribution < 1.29 is 14.4 Å². The lowest BCUT2D eigenvalue weighted by atomic mass is 9.81. The Kier molecular flexibility index (Phi) is 4.70. The number of hydrogen-bond acceptors (Lipinski definition) is 5. The van der Waals surface area contributed by atoms with Crippen molar-refractivity contribution in [3.8, 4) is 0 Å². The molecule has 2 aliphatic carbocycles. The number of hydrogen-bond donors (Lipinski definition) is 1. The molecular formula is C22H23N3O3S. The second kappa shape index (κ2) is 7.37. The topological polar surface area (TPSA) is 79.4 Å². The molecule has 1 aromatic carbocycles. The van der Waals surface area contributed by atoms with E-state index in [-0.39, 0.29) is 42.5 Å². The van der Waals surface area contributed by atoms with E-state index in [0.29, 0.717) is 17.0 Å². The first-order valence-corrected chi connectivity index (χ1v) is 11.1. The summed E-state index contributed by atoms with van der Waals surface area (Å²) in [7, 11) is 0. The number of rotatable bonds is 6. The highest BCUT2D eigenvalue weighted by Gasteiger charge is 2.60. The molecule has 3 aliphatic rings. The monoisotopic (exact) mass is 409 g/mol. The molecule has 1 N–H and O–H groups in total. The van der Waals surface area contributed by atoms with Crippen molar-refractivity contribution in [3.63, 3.8) is 0 Å². The van der Waals surface area contributed by atoms with Crippen molar-refractivity contribution in [1.82, 2.24) is 9.88 Å². The largest absolute Gasteiger partial charge is 0.302 e. The summed E-state index contributed by atoms with van der Waals surface area (Å²) in [5, 5.41) is 3.35. The van der Waals surface area contributed by atoms with Crippen molar-refractivity contribution >= 4 is 34.2 Å². The van der Waals surface area contributed by atoms with Crippen LogP contribution in [-0.4, -0.2) is 34.2 Å². The SMILES string of the molecule is O=C(CCN1C(=O)C2C3CCC(C3)C2C1=O)Nc1ncc(Cc2ccccc2)s1. The van der Waals surface area contributed by atoms with E-state index in [1.165, 1.54) is 21.8 Å². The minimum absolute atomic E-state index is 0.0561. The lowest BCUT2D eigenvalue weighted by molar-refractivity contribution is -0.140. The summed E-state index contributed by atoms with van der Waals surface area (Å²) in [4.78, 5) is 44.4. The smallest absolute Gasteiger partial charge is 0.233 e. The van der Waals surface area contributed by atoms with E-state index in [1.807, 2.05) is 18.2 Å². The molecule has 2 bridgehead atoms. The third-order valence-corrected chi connectivity index (χ3v) is 7.52. The van der Waals surface area contributed by atoms with Gasteiger partial charge in [-0.05, 0) is 36.7 Å². The Balaban J connectivity index is 1.15. The molecule has 0 radical (unpaired) electrons. The average molecular weight is 410 g/mol. The molecule has 3 amide bonds. The zero-order valence-corrected chi connectivity index (χ0v) is 16.9. The first-order chi connectivity index (χ1) is 14.1. The third kappa shape index (κ3) is 3.37. The minimum atomic E-state index is -0.216. The van der Waals surface area contributed by atoms with Gasteiger partial charge in [0.2, 0.25) is 17.7 Å². The second-order valence-electron chi connectivity index (χ2n) is 8.31. The number of amides is 3. The molecule has 2 heterocycles. The molecule has 1 aliphatic heterocycles. The number of imide groups is 1. The van der Waals surface area contributed by atoms with Gasteiger partial charge < -0.3 is 5.32 Å². The summed E-state index contributed by atoms with van der Waals surface area (Å²) >= 11 is 1.45. The van der Waals surface area contributed by atoms with E-state index >= 15 is 0 Å². The van der Waals surface area contributed by atoms with Crippen LogP contribution in [-0.2, 0) is 20.8 Å². The molecule has 5 rings (SSSR count). The number of carbonyl (C=O) groups is 3. The van der Waals surface area contributed by atoms with E-state index in [9.17, 15) is 14.4 Å². The van der Waals surface area contributed by atoms with Gasteiger partial charge in [-0.25, -0.2) is 4.98 Å². The van der Waals surface area contributed by atoms with E-state index in [2.05, 4.69) is 22.4 Å². The molecule has 7 heteroatoms. The highest BCUT2D eigenvalue weighted by Crippen LogP contribution is 2.56. The molecular weight excluding hydrogens is 386 g/mol. The molecule has 4 unspecified atom stereocenters. The average Bonchev–Trinajstić information content (AvgIpc) is 3.48. The first-order valence-electron chi connectivity index (χ1n) is 10.2. The van der Waals surface area contributed by atoms with Crippen molar-refractivity contribution in [2.24, 2.45) is 23.7 Å². The maximum absolute atomic E-state index is 12.7. The standard InChI is InChI=1S/C22H23N3O3S/c26-17(24-22-23-12-16(29-22)10-13-4-2-1-3-5-13)8-9-25-20(27)18-14-6-7-15(11-14)19(18)21(25)28/h1-5,12,14-15,18-19H,6-11H2,(H,23,24,26). The molecule has 6 nitrogen and oxygen atoms in total. The Bertz CT molecular complexity index is 929. The summed E-state index contributed by atoms with van der Waals surface area (Å²) in [5.74, 6) is 0.176. The number of anilines is 1. The van der Waals surface area contributed by atoms with Crippen LogP contribution in [0.3, 0.4) is 0 Å². The fourth-order valence-electron chi connectivity index (χ4n) is 5.33. The first kappa shape index (κ1) is 18.5. The number of benzene rings is 1. The summed E-state index contributed by atoms with van der Waals surface area (Å²) in [6.07, 6.45) is 5.81. The Hall–Kier alpha value is -2.54. The van der Waals surface area contributed by atoms with Gasteiger partial charge in [0.25, 0.3) is 0 Å². The van der Waals surface area contributed by atoms with Gasteiger partial charge in [0.05, 0.1) is 11.8 Å². The Morgan fingerprint density at radius 3 is 2.48 bits per heavy atom. The van der Waals surface area contributed by atoms with E-state index in [4.69, 9.17) is 0 Å². The molecule has 1 saturated heterocycles. The van der Waals surface area contributed by atoms with Crippen LogP contribution in [0.4, 0.5) is 5.13 Å². The maximum atomic E-state index is 12.7. The van der Waals surface area contributed by atoms with Gasteiger partial charge in [-0.2, -0.15) is 0 Å². The molecule has 2 saturated carbocycles. The molecule has 2 aromatic rings. The lowest BCUT2D eigenvalue weighted by Gasteiger charge is -2.19. The highest BCUT2D eigenvalue weighted by atomic mass is 32.1. The Morgan fingerprint density at radius 1 is 1.10 bits per heavy atom. The maximum Gasteiger partial charge on any atom is 0.233 e. The van der Waals surface area contributed by atoms with E-state index in [1.54, 1.807) is 6.20 Å². The Labute approximate surface area is 173 Å². The zero-order valence-electron chi connectivity index (χ0n) is 16.0. The zero-order chi connectivity index (χ0) is 20.0. The normalized spacial score (nSPS) is 27.5. The third-order valence-electron chi connectivity index (χ3n) is 6.60. The van der Waals surface area contributed by atoms with Gasteiger partial charge in [0, 0.05) is 30.5 Å². The van der Waals surface area contributed by atoms with E-state index in [0.717, 1.165) is 30.6 Å². The van der Waals surface area contributed by atoms with Crippen LogP contribution in [0.25, 0.3) is 0 Å². The second-order valence-corrected chi connectivity index (χ2v) is 9.42. The number of nitrogens with one attached hydrogen (secondary N) is 1. The van der Waals surface area contributed by atoms with Crippen LogP contribution in [0.1, 0.15) is 36.1 Å². The molecule has 3 fully saturated rings. The molecule has 0 spiro atoms. The van der Waals surface area contributed by atoms with Crippen LogP contribution in [0.2, 0.25) is 0 Å². The molecule has 4 atom stereocenters. The van der Waals surface area contributed by atoms with E-state index < -0.39 is 0 Å². The van der Waals surface area contributed by atoms with Crippen molar-refractivity contribution in [2.45, 2.75) is 32.1 Å². The molecule has 29 heavy (non-hydrogen) atoms. The molecule has 1 aromatic heterocycles. The predicted molar refractivity (Wildman–Crippen MR) is 109 cm³/mol. The Morgan fingerprint density at radius 2 is 1.79 bits per heavy atom. The number of nitrogens with zero attached hydrogens (tertiary/aromatic N) is 2. The number of carbonyl (C=O) groups excluding carboxylic acids is 3. The van der Waals surface area contributed by atoms with Crippen LogP contribution >= 0.6 is 11.3 Å². The van der Waals surface area contributed by atoms with Gasteiger partial charge in [-0.1, -0.05) is 30.3 Å². The van der Waals surface area contributed by atoms with Gasteiger partial charge in [0.15, 0.2) is 5.13 Å². The quantitative estimate of drug-likeness (QED) is 0.744. The molecule has 150 valence electrons. The number of fused-ring (bicyclic) bond motifs is 5. The summed E-state index contributed by atoms with van der Waals surface area (Å²) < 4.78 is 0. The van der Waals surface area contributed by atoms with Gasteiger partial charge in [-0.3, -0.25) is 19.3 Å². The van der Waals surface area contributed by atoms with Gasteiger partial charge in [0.1, 0.15) is 0 Å². The number of thiazole rings is 1. The van der Waals surface area contributed by atoms with Crippen molar-refractivity contribution in [2.75, 3.05) is 11.9 Å². The fourth-order valence-corrected chi connectivity index (χ4v) is 6.19. The predicted octanol–water partition coefficient (Wildman–Crippen LogP) is 3.09. The summed E-state index contributed by atoms with van der Waals surface area (Å²) in [6, 6.07) is 10.1. The van der Waals surface area contributed by atoms with Crippen molar-refractivity contribution in [3.05, 3.63) is 47.0 Å².